The van der Waals surface area contributed by atoms with Gasteiger partial charge in [-0.2, -0.15) is 0 Å². The molecule has 98 valence electrons. The van der Waals surface area contributed by atoms with Crippen molar-refractivity contribution in [3.63, 3.8) is 0 Å². The molecule has 2 N–H and O–H groups in total. The largest absolute Gasteiger partial charge is 0.332 e. The van der Waals surface area contributed by atoms with Gasteiger partial charge < -0.3 is 15.5 Å². The molecule has 1 saturated heterocycles. The second-order valence-electron chi connectivity index (χ2n) is 5.02. The number of benzene rings is 1. The predicted octanol–water partition coefficient (Wildman–Crippen LogP) is 0.710. The molecule has 1 unspecified atom stereocenters. The minimum atomic E-state index is 0.0993. The molecule has 0 radical (unpaired) electrons. The van der Waals surface area contributed by atoms with Crippen LogP contribution < -0.4 is 5.73 Å². The number of nitrogens with zero attached hydrogens (tertiary/aromatic N) is 2. The summed E-state index contributed by atoms with van der Waals surface area (Å²) in [5.41, 5.74) is 7.65. The summed E-state index contributed by atoms with van der Waals surface area (Å²) in [5, 5.41) is 0. The van der Waals surface area contributed by atoms with Crippen LogP contribution in [-0.4, -0.2) is 55.0 Å². The topological polar surface area (TPSA) is 49.6 Å². The number of carbonyl (C=O) groups is 1. The standard InChI is InChI=1S/C14H21N3O/c1-11-4-3-5-12(8-11)14(18)17-7-6-16(2)10-13(17)9-15/h3-5,8,13H,6-7,9-10,15H2,1-2H3. The first-order valence-corrected chi connectivity index (χ1v) is 6.38. The number of piperazine rings is 1. The molecule has 18 heavy (non-hydrogen) atoms. The van der Waals surface area contributed by atoms with Gasteiger partial charge in [-0.05, 0) is 26.1 Å². The van der Waals surface area contributed by atoms with Gasteiger partial charge in [0.1, 0.15) is 0 Å². The Morgan fingerprint density at radius 2 is 2.22 bits per heavy atom. The fraction of sp³-hybridized carbons (Fsp3) is 0.500. The smallest absolute Gasteiger partial charge is 0.254 e. The van der Waals surface area contributed by atoms with Gasteiger partial charge in [-0.3, -0.25) is 4.79 Å². The van der Waals surface area contributed by atoms with Crippen LogP contribution in [0.25, 0.3) is 0 Å². The van der Waals surface area contributed by atoms with Crippen molar-refractivity contribution < 1.29 is 4.79 Å². The van der Waals surface area contributed by atoms with Crippen LogP contribution >= 0.6 is 0 Å². The molecule has 2 rings (SSSR count). The first kappa shape index (κ1) is 13.1. The number of amides is 1. The van der Waals surface area contributed by atoms with Crippen LogP contribution in [0.4, 0.5) is 0 Å². The highest BCUT2D eigenvalue weighted by Gasteiger charge is 2.28. The molecule has 4 heteroatoms. The van der Waals surface area contributed by atoms with Crippen molar-refractivity contribution in [3.8, 4) is 0 Å². The maximum Gasteiger partial charge on any atom is 0.254 e. The van der Waals surface area contributed by atoms with Crippen molar-refractivity contribution >= 4 is 5.91 Å². The molecule has 0 saturated carbocycles. The van der Waals surface area contributed by atoms with Crippen LogP contribution in [0.3, 0.4) is 0 Å². The van der Waals surface area contributed by atoms with E-state index in [4.69, 9.17) is 5.73 Å². The normalized spacial score (nSPS) is 21.1. The van der Waals surface area contributed by atoms with E-state index in [-0.39, 0.29) is 11.9 Å². The van der Waals surface area contributed by atoms with Gasteiger partial charge in [-0.25, -0.2) is 0 Å². The number of hydrogen-bond acceptors (Lipinski definition) is 3. The number of hydrogen-bond donors (Lipinski definition) is 1. The summed E-state index contributed by atoms with van der Waals surface area (Å²) in [7, 11) is 2.07. The molecule has 1 aromatic carbocycles. The molecule has 0 aromatic heterocycles. The SMILES string of the molecule is Cc1cccc(C(=O)N2CCN(C)CC2CN)c1. The number of likely N-dealkylation sites (N-methyl/N-ethyl adjacent to an activating group) is 1. The lowest BCUT2D eigenvalue weighted by molar-refractivity contribution is 0.0516. The van der Waals surface area contributed by atoms with Crippen LogP contribution in [0, 0.1) is 6.92 Å². The van der Waals surface area contributed by atoms with Crippen LogP contribution in [-0.2, 0) is 0 Å². The first-order valence-electron chi connectivity index (χ1n) is 6.38. The third-order valence-electron chi connectivity index (χ3n) is 3.48. The Hall–Kier alpha value is -1.39. The van der Waals surface area contributed by atoms with Gasteiger partial charge in [-0.15, -0.1) is 0 Å². The summed E-state index contributed by atoms with van der Waals surface area (Å²) >= 11 is 0. The first-order chi connectivity index (χ1) is 8.61. The van der Waals surface area contributed by atoms with Gasteiger partial charge in [-0.1, -0.05) is 17.7 Å². The third-order valence-corrected chi connectivity index (χ3v) is 3.48. The Bertz CT molecular complexity index is 433. The summed E-state index contributed by atoms with van der Waals surface area (Å²) in [6.45, 7) is 5.04. The van der Waals surface area contributed by atoms with E-state index < -0.39 is 0 Å². The number of aryl methyl sites for hydroxylation is 1. The van der Waals surface area contributed by atoms with Gasteiger partial charge in [0.15, 0.2) is 0 Å². The van der Waals surface area contributed by atoms with Gasteiger partial charge in [0, 0.05) is 31.7 Å². The van der Waals surface area contributed by atoms with E-state index in [0.717, 1.165) is 30.8 Å². The predicted molar refractivity (Wildman–Crippen MR) is 72.6 cm³/mol. The zero-order valence-corrected chi connectivity index (χ0v) is 11.1. The average molecular weight is 247 g/mol. The molecule has 1 amide bonds. The van der Waals surface area contributed by atoms with Crippen molar-refractivity contribution in [2.24, 2.45) is 5.73 Å². The van der Waals surface area contributed by atoms with E-state index in [1.165, 1.54) is 0 Å². The Kier molecular flexibility index (Phi) is 3.99. The fourth-order valence-electron chi connectivity index (χ4n) is 2.42. The van der Waals surface area contributed by atoms with Crippen molar-refractivity contribution in [1.82, 2.24) is 9.80 Å². The summed E-state index contributed by atoms with van der Waals surface area (Å²) < 4.78 is 0. The maximum absolute atomic E-state index is 12.5. The van der Waals surface area contributed by atoms with E-state index in [1.807, 2.05) is 36.1 Å². The third kappa shape index (κ3) is 2.71. The fourth-order valence-corrected chi connectivity index (χ4v) is 2.42. The van der Waals surface area contributed by atoms with E-state index in [0.29, 0.717) is 6.54 Å². The monoisotopic (exact) mass is 247 g/mol. The van der Waals surface area contributed by atoms with E-state index in [1.54, 1.807) is 0 Å². The summed E-state index contributed by atoms with van der Waals surface area (Å²) in [5.74, 6) is 0.0993. The van der Waals surface area contributed by atoms with Crippen molar-refractivity contribution in [1.29, 1.82) is 0 Å². The molecular formula is C14H21N3O. The zero-order valence-electron chi connectivity index (χ0n) is 11.1. The number of carbonyl (C=O) groups excluding carboxylic acids is 1. The molecule has 1 aromatic rings. The Balaban J connectivity index is 2.17. The molecule has 1 fully saturated rings. The van der Waals surface area contributed by atoms with Crippen LogP contribution in [0.1, 0.15) is 15.9 Å². The van der Waals surface area contributed by atoms with Gasteiger partial charge in [0.05, 0.1) is 6.04 Å². The number of rotatable bonds is 2. The van der Waals surface area contributed by atoms with E-state index >= 15 is 0 Å². The molecule has 1 aliphatic rings. The van der Waals surface area contributed by atoms with Crippen LogP contribution in [0.2, 0.25) is 0 Å². The van der Waals surface area contributed by atoms with Gasteiger partial charge >= 0.3 is 0 Å². The second kappa shape index (κ2) is 5.50. The minimum Gasteiger partial charge on any atom is -0.332 e. The highest BCUT2D eigenvalue weighted by Crippen LogP contribution is 2.14. The molecular weight excluding hydrogens is 226 g/mol. The summed E-state index contributed by atoms with van der Waals surface area (Å²) in [6, 6.07) is 7.86. The lowest BCUT2D eigenvalue weighted by Crippen LogP contribution is -2.56. The summed E-state index contributed by atoms with van der Waals surface area (Å²) in [4.78, 5) is 16.6. The average Bonchev–Trinajstić information content (AvgIpc) is 2.37. The summed E-state index contributed by atoms with van der Waals surface area (Å²) in [6.07, 6.45) is 0. The van der Waals surface area contributed by atoms with Gasteiger partial charge in [0.25, 0.3) is 5.91 Å². The van der Waals surface area contributed by atoms with Crippen LogP contribution in [0.5, 0.6) is 0 Å². The lowest BCUT2D eigenvalue weighted by atomic mass is 10.1. The number of nitrogens with two attached hydrogens (primary N) is 1. The molecule has 0 spiro atoms. The minimum absolute atomic E-state index is 0.0993. The highest BCUT2D eigenvalue weighted by molar-refractivity contribution is 5.94. The Morgan fingerprint density at radius 3 is 2.89 bits per heavy atom. The lowest BCUT2D eigenvalue weighted by Gasteiger charge is -2.39. The molecule has 1 heterocycles. The van der Waals surface area contributed by atoms with Crippen molar-refractivity contribution in [2.45, 2.75) is 13.0 Å². The van der Waals surface area contributed by atoms with Crippen molar-refractivity contribution in [2.75, 3.05) is 33.2 Å². The zero-order chi connectivity index (χ0) is 13.1. The highest BCUT2D eigenvalue weighted by atomic mass is 16.2. The molecule has 1 aliphatic heterocycles. The van der Waals surface area contributed by atoms with Crippen LogP contribution in [0.15, 0.2) is 24.3 Å². The molecule has 4 nitrogen and oxygen atoms in total. The second-order valence-corrected chi connectivity index (χ2v) is 5.02. The van der Waals surface area contributed by atoms with Crippen molar-refractivity contribution in [3.05, 3.63) is 35.4 Å². The van der Waals surface area contributed by atoms with E-state index in [9.17, 15) is 4.79 Å². The quantitative estimate of drug-likeness (QED) is 0.837. The van der Waals surface area contributed by atoms with E-state index in [2.05, 4.69) is 11.9 Å². The molecule has 1 atom stereocenters. The Morgan fingerprint density at radius 1 is 1.44 bits per heavy atom. The van der Waals surface area contributed by atoms with Gasteiger partial charge in [0.2, 0.25) is 0 Å². The Labute approximate surface area is 108 Å². The molecule has 0 aliphatic carbocycles. The molecule has 0 bridgehead atoms. The maximum atomic E-state index is 12.5.